The molecule has 6 nitrogen and oxygen atoms in total. The van der Waals surface area contributed by atoms with Crippen molar-refractivity contribution in [3.05, 3.63) is 72.7 Å². The van der Waals surface area contributed by atoms with E-state index in [4.69, 9.17) is 4.74 Å². The minimum atomic E-state index is -0.277. The Morgan fingerprint density at radius 2 is 1.89 bits per heavy atom. The van der Waals surface area contributed by atoms with E-state index < -0.39 is 0 Å². The number of hydrogen-bond donors (Lipinski definition) is 2. The van der Waals surface area contributed by atoms with Gasteiger partial charge in [0.1, 0.15) is 5.75 Å². The van der Waals surface area contributed by atoms with Gasteiger partial charge in [0.25, 0.3) is 0 Å². The molecule has 2 N–H and O–H groups in total. The first-order valence-corrected chi connectivity index (χ1v) is 9.38. The molecule has 0 saturated carbocycles. The van der Waals surface area contributed by atoms with Gasteiger partial charge in [-0.25, -0.2) is 4.79 Å². The Bertz CT molecular complexity index is 883. The number of carbonyl (C=O) groups is 1. The van der Waals surface area contributed by atoms with Gasteiger partial charge in [-0.05, 0) is 54.4 Å². The van der Waals surface area contributed by atoms with Crippen LogP contribution in [0.5, 0.6) is 5.75 Å². The highest BCUT2D eigenvalue weighted by molar-refractivity contribution is 5.89. The van der Waals surface area contributed by atoms with E-state index in [1.807, 2.05) is 48.5 Å². The summed E-state index contributed by atoms with van der Waals surface area (Å²) in [5.41, 5.74) is 3.35. The minimum absolute atomic E-state index is 0.277. The molecule has 28 heavy (non-hydrogen) atoms. The molecule has 6 heteroatoms. The third kappa shape index (κ3) is 5.54. The van der Waals surface area contributed by atoms with Crippen LogP contribution >= 0.6 is 0 Å². The Morgan fingerprint density at radius 1 is 1.07 bits per heavy atom. The third-order valence-electron chi connectivity index (χ3n) is 4.14. The van der Waals surface area contributed by atoms with Gasteiger partial charge >= 0.3 is 6.03 Å². The zero-order chi connectivity index (χ0) is 19.6. The first-order chi connectivity index (χ1) is 13.8. The highest BCUT2D eigenvalue weighted by Crippen LogP contribution is 2.20. The number of benzene rings is 1. The molecule has 0 spiro atoms. The number of nitrogens with zero attached hydrogens (tertiary/aromatic N) is 2. The Hall–Kier alpha value is -3.41. The van der Waals surface area contributed by atoms with Crippen molar-refractivity contribution < 1.29 is 9.53 Å². The summed E-state index contributed by atoms with van der Waals surface area (Å²) in [5.74, 6) is 0.802. The van der Waals surface area contributed by atoms with Crippen LogP contribution in [0.1, 0.15) is 25.3 Å². The van der Waals surface area contributed by atoms with Crippen LogP contribution in [-0.2, 0) is 6.54 Å². The number of rotatable bonds is 8. The van der Waals surface area contributed by atoms with Crippen molar-refractivity contribution in [3.63, 3.8) is 0 Å². The van der Waals surface area contributed by atoms with E-state index in [0.717, 1.165) is 35.4 Å². The summed E-state index contributed by atoms with van der Waals surface area (Å²) in [5, 5.41) is 5.70. The Kier molecular flexibility index (Phi) is 6.95. The monoisotopic (exact) mass is 376 g/mol. The predicted octanol–water partition coefficient (Wildman–Crippen LogP) is 4.64. The van der Waals surface area contributed by atoms with E-state index in [1.54, 1.807) is 18.6 Å². The van der Waals surface area contributed by atoms with Gasteiger partial charge in [0.05, 0.1) is 12.3 Å². The Morgan fingerprint density at radius 3 is 2.64 bits per heavy atom. The number of pyridine rings is 2. The van der Waals surface area contributed by atoms with Crippen LogP contribution in [0.25, 0.3) is 11.3 Å². The number of aromatic nitrogens is 2. The summed E-state index contributed by atoms with van der Waals surface area (Å²) in [4.78, 5) is 20.8. The molecule has 0 atom stereocenters. The summed E-state index contributed by atoms with van der Waals surface area (Å²) in [6, 6.07) is 14.7. The quantitative estimate of drug-likeness (QED) is 0.561. The van der Waals surface area contributed by atoms with Crippen molar-refractivity contribution in [3.8, 4) is 17.0 Å². The maximum absolute atomic E-state index is 12.2. The number of urea groups is 1. The summed E-state index contributed by atoms with van der Waals surface area (Å²) in [6.45, 7) is 3.19. The normalized spacial score (nSPS) is 10.3. The van der Waals surface area contributed by atoms with Crippen molar-refractivity contribution in [1.82, 2.24) is 15.3 Å². The van der Waals surface area contributed by atoms with E-state index >= 15 is 0 Å². The zero-order valence-electron chi connectivity index (χ0n) is 15.9. The van der Waals surface area contributed by atoms with E-state index in [1.165, 1.54) is 0 Å². The maximum Gasteiger partial charge on any atom is 0.319 e. The molecule has 0 aliphatic heterocycles. The molecule has 3 rings (SSSR count). The highest BCUT2D eigenvalue weighted by Gasteiger charge is 2.08. The first kappa shape index (κ1) is 19.4. The average molecular weight is 376 g/mol. The Labute approximate surface area is 165 Å². The molecule has 2 amide bonds. The second-order valence-corrected chi connectivity index (χ2v) is 6.29. The van der Waals surface area contributed by atoms with Gasteiger partial charge in [0.2, 0.25) is 0 Å². The second kappa shape index (κ2) is 10.1. The van der Waals surface area contributed by atoms with Crippen molar-refractivity contribution in [2.45, 2.75) is 26.3 Å². The second-order valence-electron chi connectivity index (χ2n) is 6.29. The largest absolute Gasteiger partial charge is 0.494 e. The van der Waals surface area contributed by atoms with Crippen molar-refractivity contribution in [2.24, 2.45) is 0 Å². The van der Waals surface area contributed by atoms with Gasteiger partial charge in [-0.15, -0.1) is 0 Å². The molecule has 144 valence electrons. The standard InChI is InChI=1S/C22H24N4O2/c1-2-3-14-28-20-10-8-19(9-11-20)26-22(27)25-16-18-7-5-13-24-21(18)17-6-4-12-23-15-17/h4-13,15H,2-3,14,16H2,1H3,(H2,25,26,27). The highest BCUT2D eigenvalue weighted by atomic mass is 16.5. The molecule has 2 aromatic heterocycles. The fourth-order valence-electron chi connectivity index (χ4n) is 2.66. The van der Waals surface area contributed by atoms with Gasteiger partial charge in [-0.2, -0.15) is 0 Å². The zero-order valence-corrected chi connectivity index (χ0v) is 15.9. The van der Waals surface area contributed by atoms with Crippen LogP contribution in [0.4, 0.5) is 10.5 Å². The minimum Gasteiger partial charge on any atom is -0.494 e. The van der Waals surface area contributed by atoms with Crippen LogP contribution in [-0.4, -0.2) is 22.6 Å². The molecule has 0 aliphatic rings. The van der Waals surface area contributed by atoms with E-state index in [2.05, 4.69) is 27.5 Å². The van der Waals surface area contributed by atoms with Gasteiger partial charge in [0.15, 0.2) is 0 Å². The molecular weight excluding hydrogens is 352 g/mol. The summed E-state index contributed by atoms with van der Waals surface area (Å²) in [6.07, 6.45) is 7.33. The summed E-state index contributed by atoms with van der Waals surface area (Å²) in [7, 11) is 0. The fraction of sp³-hybridized carbons (Fsp3) is 0.227. The number of anilines is 1. The lowest BCUT2D eigenvalue weighted by molar-refractivity contribution is 0.251. The molecule has 2 heterocycles. The third-order valence-corrected chi connectivity index (χ3v) is 4.14. The lowest BCUT2D eigenvalue weighted by Crippen LogP contribution is -2.28. The lowest BCUT2D eigenvalue weighted by atomic mass is 10.1. The molecule has 0 fully saturated rings. The van der Waals surface area contributed by atoms with Crippen LogP contribution < -0.4 is 15.4 Å². The number of hydrogen-bond acceptors (Lipinski definition) is 4. The summed E-state index contributed by atoms with van der Waals surface area (Å²) >= 11 is 0. The van der Waals surface area contributed by atoms with Gasteiger partial charge in [-0.3, -0.25) is 9.97 Å². The first-order valence-electron chi connectivity index (χ1n) is 9.38. The molecule has 0 radical (unpaired) electrons. The number of unbranched alkanes of at least 4 members (excludes halogenated alkanes) is 1. The van der Waals surface area contributed by atoms with Crippen LogP contribution in [0.15, 0.2) is 67.1 Å². The van der Waals surface area contributed by atoms with Crippen LogP contribution in [0.3, 0.4) is 0 Å². The molecule has 1 aromatic carbocycles. The topological polar surface area (TPSA) is 76.1 Å². The summed E-state index contributed by atoms with van der Waals surface area (Å²) < 4.78 is 5.63. The van der Waals surface area contributed by atoms with E-state index in [-0.39, 0.29) is 6.03 Å². The van der Waals surface area contributed by atoms with Gasteiger partial charge in [-0.1, -0.05) is 19.4 Å². The van der Waals surface area contributed by atoms with Crippen molar-refractivity contribution in [1.29, 1.82) is 0 Å². The van der Waals surface area contributed by atoms with Crippen LogP contribution in [0.2, 0.25) is 0 Å². The average Bonchev–Trinajstić information content (AvgIpc) is 2.74. The van der Waals surface area contributed by atoms with Gasteiger partial charge in [0, 0.05) is 36.4 Å². The van der Waals surface area contributed by atoms with Crippen molar-refractivity contribution in [2.75, 3.05) is 11.9 Å². The molecule has 0 saturated heterocycles. The van der Waals surface area contributed by atoms with E-state index in [0.29, 0.717) is 18.8 Å². The lowest BCUT2D eigenvalue weighted by Gasteiger charge is -2.11. The smallest absolute Gasteiger partial charge is 0.319 e. The predicted molar refractivity (Wildman–Crippen MR) is 110 cm³/mol. The van der Waals surface area contributed by atoms with Crippen molar-refractivity contribution >= 4 is 11.7 Å². The SMILES string of the molecule is CCCCOc1ccc(NC(=O)NCc2cccnc2-c2cccnc2)cc1. The maximum atomic E-state index is 12.2. The molecule has 0 unspecified atom stereocenters. The molecular formula is C22H24N4O2. The van der Waals surface area contributed by atoms with Gasteiger partial charge < -0.3 is 15.4 Å². The number of nitrogens with one attached hydrogen (secondary N) is 2. The molecule has 3 aromatic rings. The van der Waals surface area contributed by atoms with Crippen LogP contribution in [0, 0.1) is 0 Å². The molecule has 0 aliphatic carbocycles. The number of ether oxygens (including phenoxy) is 1. The van der Waals surface area contributed by atoms with E-state index in [9.17, 15) is 4.79 Å². The number of amides is 2. The number of carbonyl (C=O) groups excluding carboxylic acids is 1. The molecule has 0 bridgehead atoms. The fourth-order valence-corrected chi connectivity index (χ4v) is 2.66. The Balaban J connectivity index is 1.55.